The molecule has 114 valence electrons. The van der Waals surface area contributed by atoms with E-state index in [4.69, 9.17) is 27.9 Å². The van der Waals surface area contributed by atoms with E-state index in [0.29, 0.717) is 32.2 Å². The van der Waals surface area contributed by atoms with Crippen molar-refractivity contribution in [2.45, 2.75) is 6.54 Å². The van der Waals surface area contributed by atoms with Crippen LogP contribution in [0.15, 0.2) is 12.3 Å². The van der Waals surface area contributed by atoms with E-state index in [1.54, 1.807) is 10.7 Å². The van der Waals surface area contributed by atoms with Crippen molar-refractivity contribution in [2.24, 2.45) is 0 Å². The molecule has 2 heterocycles. The summed E-state index contributed by atoms with van der Waals surface area (Å²) in [5.41, 5.74) is 0.757. The van der Waals surface area contributed by atoms with Gasteiger partial charge in [-0.3, -0.25) is 9.48 Å². The quantitative estimate of drug-likeness (QED) is 0.753. The maximum absolute atomic E-state index is 12.7. The molecule has 0 bridgehead atoms. The number of thiophene rings is 1. The lowest BCUT2D eigenvalue weighted by Crippen LogP contribution is -2.21. The number of nitrogens with zero attached hydrogens (tertiary/aromatic N) is 3. The third-order valence-electron chi connectivity index (χ3n) is 2.90. The first kappa shape index (κ1) is 16.3. The standard InChI is InChI=1S/C13H15Cl2N3O2S/c1-17(2)4-5-18-11(9(20-3)7-16-18)12(19)8-6-10(14)21-13(8)15/h6-7H,4-5H2,1-3H3. The van der Waals surface area contributed by atoms with Crippen LogP contribution in [0.25, 0.3) is 0 Å². The van der Waals surface area contributed by atoms with Gasteiger partial charge in [-0.1, -0.05) is 23.2 Å². The van der Waals surface area contributed by atoms with Crippen molar-refractivity contribution < 1.29 is 9.53 Å². The van der Waals surface area contributed by atoms with Gasteiger partial charge >= 0.3 is 0 Å². The maximum atomic E-state index is 12.7. The number of ketones is 1. The highest BCUT2D eigenvalue weighted by Crippen LogP contribution is 2.34. The van der Waals surface area contributed by atoms with Crippen molar-refractivity contribution in [2.75, 3.05) is 27.7 Å². The number of hydrogen-bond acceptors (Lipinski definition) is 5. The molecule has 0 fully saturated rings. The van der Waals surface area contributed by atoms with E-state index in [-0.39, 0.29) is 5.78 Å². The van der Waals surface area contributed by atoms with Crippen molar-refractivity contribution in [1.82, 2.24) is 14.7 Å². The van der Waals surface area contributed by atoms with Crippen molar-refractivity contribution in [1.29, 1.82) is 0 Å². The largest absolute Gasteiger partial charge is 0.493 e. The van der Waals surface area contributed by atoms with E-state index in [2.05, 4.69) is 5.10 Å². The molecule has 0 atom stereocenters. The fraction of sp³-hybridized carbons (Fsp3) is 0.385. The van der Waals surface area contributed by atoms with Gasteiger partial charge in [0, 0.05) is 6.54 Å². The maximum Gasteiger partial charge on any atom is 0.217 e. The zero-order valence-corrected chi connectivity index (χ0v) is 14.2. The van der Waals surface area contributed by atoms with E-state index in [9.17, 15) is 4.79 Å². The van der Waals surface area contributed by atoms with Crippen LogP contribution in [-0.2, 0) is 6.54 Å². The molecule has 0 saturated heterocycles. The van der Waals surface area contributed by atoms with Gasteiger partial charge in [0.25, 0.3) is 0 Å². The smallest absolute Gasteiger partial charge is 0.217 e. The fourth-order valence-electron chi connectivity index (χ4n) is 1.83. The highest BCUT2D eigenvalue weighted by Gasteiger charge is 2.24. The zero-order valence-electron chi connectivity index (χ0n) is 11.9. The van der Waals surface area contributed by atoms with Crippen molar-refractivity contribution in [3.05, 3.63) is 32.2 Å². The van der Waals surface area contributed by atoms with Gasteiger partial charge in [-0.15, -0.1) is 11.3 Å². The molecule has 8 heteroatoms. The molecule has 0 radical (unpaired) electrons. The minimum Gasteiger partial charge on any atom is -0.493 e. The summed E-state index contributed by atoms with van der Waals surface area (Å²) in [4.78, 5) is 14.7. The van der Waals surface area contributed by atoms with E-state index < -0.39 is 0 Å². The predicted octanol–water partition coefficient (Wildman–Crippen LogP) is 3.05. The molecule has 0 aliphatic rings. The van der Waals surface area contributed by atoms with Gasteiger partial charge in [-0.25, -0.2) is 0 Å². The number of ether oxygens (including phenoxy) is 1. The Bertz CT molecular complexity index is 652. The summed E-state index contributed by atoms with van der Waals surface area (Å²) in [5.74, 6) is 0.188. The second-order valence-electron chi connectivity index (χ2n) is 4.65. The number of halogens is 2. The van der Waals surface area contributed by atoms with Crippen molar-refractivity contribution in [3.8, 4) is 5.75 Å². The van der Waals surface area contributed by atoms with E-state index in [1.807, 2.05) is 19.0 Å². The Morgan fingerprint density at radius 2 is 2.19 bits per heavy atom. The monoisotopic (exact) mass is 347 g/mol. The van der Waals surface area contributed by atoms with Crippen LogP contribution in [0.1, 0.15) is 16.1 Å². The van der Waals surface area contributed by atoms with Crippen LogP contribution in [0.2, 0.25) is 8.67 Å². The SMILES string of the molecule is COc1cnn(CCN(C)C)c1C(=O)c1cc(Cl)sc1Cl. The minimum absolute atomic E-state index is 0.240. The molecular formula is C13H15Cl2N3O2S. The average molecular weight is 348 g/mol. The first-order valence-electron chi connectivity index (χ1n) is 6.18. The molecule has 0 spiro atoms. The molecule has 0 aromatic carbocycles. The Kier molecular flexibility index (Phi) is 5.27. The lowest BCUT2D eigenvalue weighted by Gasteiger charge is -2.12. The molecule has 0 amide bonds. The summed E-state index contributed by atoms with van der Waals surface area (Å²) >= 11 is 13.1. The predicted molar refractivity (Wildman–Crippen MR) is 85.1 cm³/mol. The minimum atomic E-state index is -0.240. The number of likely N-dealkylation sites (N-methyl/N-ethyl adjacent to an activating group) is 1. The first-order chi connectivity index (χ1) is 9.93. The molecule has 0 saturated carbocycles. The highest BCUT2D eigenvalue weighted by molar-refractivity contribution is 7.20. The molecule has 0 aliphatic heterocycles. The van der Waals surface area contributed by atoms with Crippen LogP contribution in [0.3, 0.4) is 0 Å². The number of carbonyl (C=O) groups excluding carboxylic acids is 1. The van der Waals surface area contributed by atoms with Gasteiger partial charge in [0.2, 0.25) is 5.78 Å². The number of rotatable bonds is 6. The molecule has 5 nitrogen and oxygen atoms in total. The lowest BCUT2D eigenvalue weighted by atomic mass is 10.1. The number of methoxy groups -OCH3 is 1. The van der Waals surface area contributed by atoms with Crippen LogP contribution in [-0.4, -0.2) is 48.2 Å². The van der Waals surface area contributed by atoms with E-state index >= 15 is 0 Å². The fourth-order valence-corrected chi connectivity index (χ4v) is 3.29. The Morgan fingerprint density at radius 1 is 1.48 bits per heavy atom. The molecule has 21 heavy (non-hydrogen) atoms. The van der Waals surface area contributed by atoms with Gasteiger partial charge in [0.05, 0.1) is 29.8 Å². The van der Waals surface area contributed by atoms with Crippen LogP contribution < -0.4 is 4.74 Å². The molecule has 0 aliphatic carbocycles. The third-order valence-corrected chi connectivity index (χ3v) is 4.39. The zero-order chi connectivity index (χ0) is 15.6. The van der Waals surface area contributed by atoms with Crippen molar-refractivity contribution in [3.63, 3.8) is 0 Å². The van der Waals surface area contributed by atoms with Crippen LogP contribution in [0.5, 0.6) is 5.75 Å². The van der Waals surface area contributed by atoms with Crippen LogP contribution >= 0.6 is 34.5 Å². The molecule has 2 aromatic heterocycles. The highest BCUT2D eigenvalue weighted by atomic mass is 35.5. The summed E-state index contributed by atoms with van der Waals surface area (Å²) in [7, 11) is 5.42. The normalized spacial score (nSPS) is 11.1. The number of hydrogen-bond donors (Lipinski definition) is 0. The Hall–Kier alpha value is -1.08. The van der Waals surface area contributed by atoms with Gasteiger partial charge in [-0.05, 0) is 20.2 Å². The second-order valence-corrected chi connectivity index (χ2v) is 6.94. The number of aromatic nitrogens is 2. The van der Waals surface area contributed by atoms with Crippen LogP contribution in [0, 0.1) is 0 Å². The summed E-state index contributed by atoms with van der Waals surface area (Å²) in [6.07, 6.45) is 1.53. The van der Waals surface area contributed by atoms with E-state index in [1.165, 1.54) is 13.3 Å². The Labute approximate surface area is 137 Å². The molecule has 0 unspecified atom stereocenters. The first-order valence-corrected chi connectivity index (χ1v) is 7.75. The number of carbonyl (C=O) groups is 1. The summed E-state index contributed by atoms with van der Waals surface area (Å²) < 4.78 is 7.70. The Balaban J connectivity index is 2.39. The topological polar surface area (TPSA) is 47.4 Å². The molecule has 2 rings (SSSR count). The Morgan fingerprint density at radius 3 is 2.71 bits per heavy atom. The van der Waals surface area contributed by atoms with Gasteiger partial charge in [0.1, 0.15) is 4.34 Å². The summed E-state index contributed by atoms with van der Waals surface area (Å²) in [5, 5.41) is 4.21. The molecule has 0 N–H and O–H groups in total. The average Bonchev–Trinajstić information content (AvgIpc) is 2.98. The molecule has 2 aromatic rings. The van der Waals surface area contributed by atoms with Gasteiger partial charge in [-0.2, -0.15) is 5.10 Å². The van der Waals surface area contributed by atoms with Gasteiger partial charge < -0.3 is 9.64 Å². The second kappa shape index (κ2) is 6.79. The van der Waals surface area contributed by atoms with Crippen molar-refractivity contribution >= 4 is 40.3 Å². The summed E-state index contributed by atoms with van der Waals surface area (Å²) in [6.45, 7) is 1.33. The summed E-state index contributed by atoms with van der Waals surface area (Å²) in [6, 6.07) is 1.57. The van der Waals surface area contributed by atoms with E-state index in [0.717, 1.165) is 17.9 Å². The third kappa shape index (κ3) is 3.58. The van der Waals surface area contributed by atoms with Crippen LogP contribution in [0.4, 0.5) is 0 Å². The lowest BCUT2D eigenvalue weighted by molar-refractivity contribution is 0.102. The van der Waals surface area contributed by atoms with Gasteiger partial charge in [0.15, 0.2) is 11.4 Å². The molecular weight excluding hydrogens is 333 g/mol.